The lowest BCUT2D eigenvalue weighted by atomic mass is 10.3. The molecule has 0 saturated carbocycles. The van der Waals surface area contributed by atoms with Gasteiger partial charge in [0, 0.05) is 31.4 Å². The lowest BCUT2D eigenvalue weighted by Crippen LogP contribution is -2.25. The fourth-order valence-corrected chi connectivity index (χ4v) is 3.08. The molecule has 0 aromatic heterocycles. The summed E-state index contributed by atoms with van der Waals surface area (Å²) in [7, 11) is 3.98. The van der Waals surface area contributed by atoms with E-state index in [1.54, 1.807) is 13.8 Å². The Morgan fingerprint density at radius 2 is 1.80 bits per heavy atom. The normalized spacial score (nSPS) is 12.9. The zero-order valence-corrected chi connectivity index (χ0v) is 11.4. The van der Waals surface area contributed by atoms with Gasteiger partial charge in [-0.15, -0.1) is 0 Å². The average molecular weight is 249 g/mol. The Morgan fingerprint density at radius 1 is 1.20 bits per heavy atom. The highest BCUT2D eigenvalue weighted by atomic mass is 32.2. The molecule has 1 unspecified atom stereocenters. The van der Waals surface area contributed by atoms with Crippen molar-refractivity contribution < 1.29 is 9.59 Å². The molecule has 0 spiro atoms. The number of carbonyl (C=O) groups is 2. The molecule has 0 aromatic carbocycles. The Labute approximate surface area is 100 Å². The van der Waals surface area contributed by atoms with E-state index >= 15 is 0 Å². The summed E-state index contributed by atoms with van der Waals surface area (Å²) >= 11 is 2.71. The van der Waals surface area contributed by atoms with Crippen molar-refractivity contribution >= 4 is 33.8 Å². The van der Waals surface area contributed by atoms with Crippen LogP contribution < -0.4 is 0 Å². The van der Waals surface area contributed by atoms with Gasteiger partial charge in [-0.2, -0.15) is 0 Å². The van der Waals surface area contributed by atoms with Gasteiger partial charge in [0.1, 0.15) is 0 Å². The van der Waals surface area contributed by atoms with Crippen LogP contribution in [-0.4, -0.2) is 46.8 Å². The molecule has 0 N–H and O–H groups in total. The van der Waals surface area contributed by atoms with Crippen molar-refractivity contribution in [3.05, 3.63) is 0 Å². The maximum absolute atomic E-state index is 11.0. The monoisotopic (exact) mass is 249 g/mol. The number of rotatable bonds is 6. The van der Waals surface area contributed by atoms with E-state index in [-0.39, 0.29) is 10.2 Å². The van der Waals surface area contributed by atoms with Gasteiger partial charge in [-0.05, 0) is 20.5 Å². The van der Waals surface area contributed by atoms with Crippen LogP contribution in [0, 0.1) is 0 Å². The van der Waals surface area contributed by atoms with Gasteiger partial charge in [0.2, 0.25) is 0 Å². The lowest BCUT2D eigenvalue weighted by molar-refractivity contribution is -0.109. The van der Waals surface area contributed by atoms with Crippen LogP contribution in [0.4, 0.5) is 0 Å². The molecule has 0 saturated heterocycles. The van der Waals surface area contributed by atoms with Gasteiger partial charge in [0.15, 0.2) is 10.2 Å². The summed E-state index contributed by atoms with van der Waals surface area (Å²) in [6, 6.07) is 0. The van der Waals surface area contributed by atoms with E-state index in [2.05, 4.69) is 4.90 Å². The highest BCUT2D eigenvalue weighted by Crippen LogP contribution is 2.19. The Morgan fingerprint density at radius 3 is 2.20 bits per heavy atom. The molecule has 3 nitrogen and oxygen atoms in total. The molecular weight excluding hydrogens is 230 g/mol. The molecule has 0 amide bonds. The van der Waals surface area contributed by atoms with Crippen LogP contribution in [0.5, 0.6) is 0 Å². The number of carbonyl (C=O) groups excluding carboxylic acids is 2. The second kappa shape index (κ2) is 8.19. The molecule has 0 aliphatic carbocycles. The van der Waals surface area contributed by atoms with E-state index in [1.807, 2.05) is 14.1 Å². The molecule has 0 radical (unpaired) electrons. The zero-order valence-electron chi connectivity index (χ0n) is 9.78. The highest BCUT2D eigenvalue weighted by Gasteiger charge is 2.13. The molecular formula is C10H19NO2S2. The molecule has 0 aromatic rings. The van der Waals surface area contributed by atoms with Crippen molar-refractivity contribution in [3.8, 4) is 0 Å². The summed E-state index contributed by atoms with van der Waals surface area (Å²) in [6.45, 7) is 4.04. The summed E-state index contributed by atoms with van der Waals surface area (Å²) in [5.74, 6) is 0.800. The highest BCUT2D eigenvalue weighted by molar-refractivity contribution is 8.14. The standard InChI is InChI=1S/C10H19NO2S2/c1-8(12)14-6-5-10(7-11(3)4)15-9(2)13/h10H,5-7H2,1-4H3. The molecule has 0 bridgehead atoms. The van der Waals surface area contributed by atoms with Crippen LogP contribution in [0.25, 0.3) is 0 Å². The first-order valence-electron chi connectivity index (χ1n) is 4.87. The van der Waals surface area contributed by atoms with Crippen LogP contribution in [0.1, 0.15) is 20.3 Å². The largest absolute Gasteiger partial charge is 0.308 e. The number of hydrogen-bond acceptors (Lipinski definition) is 5. The van der Waals surface area contributed by atoms with Gasteiger partial charge in [-0.3, -0.25) is 9.59 Å². The number of nitrogens with zero attached hydrogens (tertiary/aromatic N) is 1. The van der Waals surface area contributed by atoms with Gasteiger partial charge in [0.05, 0.1) is 0 Å². The molecule has 88 valence electrons. The van der Waals surface area contributed by atoms with Crippen LogP contribution >= 0.6 is 23.5 Å². The number of thioether (sulfide) groups is 2. The molecule has 5 heteroatoms. The molecule has 0 fully saturated rings. The minimum atomic E-state index is 0.145. The Balaban J connectivity index is 3.89. The van der Waals surface area contributed by atoms with Gasteiger partial charge in [-0.25, -0.2) is 0 Å². The third-order valence-corrected chi connectivity index (χ3v) is 3.54. The van der Waals surface area contributed by atoms with Crippen molar-refractivity contribution in [3.63, 3.8) is 0 Å². The van der Waals surface area contributed by atoms with Gasteiger partial charge < -0.3 is 4.90 Å². The molecule has 0 aliphatic rings. The summed E-state index contributed by atoms with van der Waals surface area (Å²) in [5.41, 5.74) is 0. The van der Waals surface area contributed by atoms with E-state index in [9.17, 15) is 9.59 Å². The van der Waals surface area contributed by atoms with Crippen molar-refractivity contribution in [2.45, 2.75) is 25.5 Å². The van der Waals surface area contributed by atoms with Crippen molar-refractivity contribution in [1.82, 2.24) is 4.90 Å². The maximum atomic E-state index is 11.0. The molecule has 0 heterocycles. The third-order valence-electron chi connectivity index (χ3n) is 1.65. The Hall–Kier alpha value is -0.0000000000000000555. The maximum Gasteiger partial charge on any atom is 0.186 e. The van der Waals surface area contributed by atoms with E-state index in [0.29, 0.717) is 5.25 Å². The van der Waals surface area contributed by atoms with E-state index in [4.69, 9.17) is 0 Å². The predicted molar refractivity (Wildman–Crippen MR) is 68.4 cm³/mol. The topological polar surface area (TPSA) is 37.4 Å². The minimum absolute atomic E-state index is 0.145. The third kappa shape index (κ3) is 10.3. The van der Waals surface area contributed by atoms with Crippen molar-refractivity contribution in [1.29, 1.82) is 0 Å². The van der Waals surface area contributed by atoms with Gasteiger partial charge in [0.25, 0.3) is 0 Å². The second-order valence-electron chi connectivity index (χ2n) is 3.62. The van der Waals surface area contributed by atoms with E-state index in [0.717, 1.165) is 18.7 Å². The Bertz CT molecular complexity index is 219. The SMILES string of the molecule is CC(=O)SCCC(CN(C)C)SC(C)=O. The molecule has 0 aliphatic heterocycles. The smallest absolute Gasteiger partial charge is 0.186 e. The first-order chi connectivity index (χ1) is 6.91. The fourth-order valence-electron chi connectivity index (χ4n) is 1.16. The molecule has 15 heavy (non-hydrogen) atoms. The lowest BCUT2D eigenvalue weighted by Gasteiger charge is -2.18. The fraction of sp³-hybridized carbons (Fsp3) is 0.800. The molecule has 0 rings (SSSR count). The summed E-state index contributed by atoms with van der Waals surface area (Å²) in [5, 5.41) is 0.588. The van der Waals surface area contributed by atoms with E-state index < -0.39 is 0 Å². The van der Waals surface area contributed by atoms with Crippen LogP contribution in [-0.2, 0) is 9.59 Å². The van der Waals surface area contributed by atoms with Crippen LogP contribution in [0.3, 0.4) is 0 Å². The zero-order chi connectivity index (χ0) is 11.8. The summed E-state index contributed by atoms with van der Waals surface area (Å²) in [4.78, 5) is 23.8. The summed E-state index contributed by atoms with van der Waals surface area (Å²) in [6.07, 6.45) is 0.896. The number of hydrogen-bond donors (Lipinski definition) is 0. The first kappa shape index (κ1) is 15.0. The Kier molecular flexibility index (Phi) is 8.19. The predicted octanol–water partition coefficient (Wildman–Crippen LogP) is 1.87. The van der Waals surface area contributed by atoms with Gasteiger partial charge in [-0.1, -0.05) is 23.5 Å². The minimum Gasteiger partial charge on any atom is -0.308 e. The van der Waals surface area contributed by atoms with Crippen LogP contribution in [0.15, 0.2) is 0 Å². The van der Waals surface area contributed by atoms with E-state index in [1.165, 1.54) is 23.5 Å². The van der Waals surface area contributed by atoms with Crippen molar-refractivity contribution in [2.75, 3.05) is 26.4 Å². The summed E-state index contributed by atoms with van der Waals surface area (Å²) < 4.78 is 0. The van der Waals surface area contributed by atoms with Crippen molar-refractivity contribution in [2.24, 2.45) is 0 Å². The van der Waals surface area contributed by atoms with Crippen LogP contribution in [0.2, 0.25) is 0 Å². The van der Waals surface area contributed by atoms with Gasteiger partial charge >= 0.3 is 0 Å². The quantitative estimate of drug-likeness (QED) is 0.718. The molecule has 1 atom stereocenters. The average Bonchev–Trinajstić information content (AvgIpc) is 2.00. The second-order valence-corrected chi connectivity index (χ2v) is 6.37. The first-order valence-corrected chi connectivity index (χ1v) is 6.73.